The predicted octanol–water partition coefficient (Wildman–Crippen LogP) is 4.85. The summed E-state index contributed by atoms with van der Waals surface area (Å²) in [6, 6.07) is 13.2. The van der Waals surface area contributed by atoms with Crippen molar-refractivity contribution in [3.05, 3.63) is 46.8 Å². The van der Waals surface area contributed by atoms with Gasteiger partial charge in [0, 0.05) is 9.75 Å². The molecule has 0 spiro atoms. The molecule has 0 atom stereocenters. The Morgan fingerprint density at radius 2 is 1.87 bits per heavy atom. The summed E-state index contributed by atoms with van der Waals surface area (Å²) in [5.74, 6) is 0.603. The largest absolute Gasteiger partial charge is 0.141 e. The molecule has 1 aromatic heterocycles. The summed E-state index contributed by atoms with van der Waals surface area (Å²) in [6.07, 6.45) is 0. The molecular formula is C14H16S. The number of hydrogen-bond donors (Lipinski definition) is 0. The molecule has 1 heterocycles. The average Bonchev–Trinajstić information content (AvgIpc) is 2.65. The molecule has 2 aromatic rings. The monoisotopic (exact) mass is 216 g/mol. The normalized spacial score (nSPS) is 10.9. The van der Waals surface area contributed by atoms with Crippen molar-refractivity contribution in [2.45, 2.75) is 26.7 Å². The maximum atomic E-state index is 2.30. The number of aryl methyl sites for hydroxylation is 1. The second-order valence-electron chi connectivity index (χ2n) is 4.19. The third kappa shape index (κ3) is 2.29. The average molecular weight is 216 g/mol. The summed E-state index contributed by atoms with van der Waals surface area (Å²) in [5.41, 5.74) is 2.76. The molecule has 1 aromatic carbocycles. The van der Waals surface area contributed by atoms with Gasteiger partial charge >= 0.3 is 0 Å². The summed E-state index contributed by atoms with van der Waals surface area (Å²) >= 11 is 1.86. The second-order valence-corrected chi connectivity index (χ2v) is 5.48. The van der Waals surface area contributed by atoms with Gasteiger partial charge in [-0.25, -0.2) is 0 Å². The first-order chi connectivity index (χ1) is 7.16. The van der Waals surface area contributed by atoms with Crippen LogP contribution >= 0.6 is 11.3 Å². The van der Waals surface area contributed by atoms with Gasteiger partial charge in [0.2, 0.25) is 0 Å². The first-order valence-electron chi connectivity index (χ1n) is 5.33. The Bertz CT molecular complexity index is 452. The van der Waals surface area contributed by atoms with Crippen molar-refractivity contribution in [1.29, 1.82) is 0 Å². The second kappa shape index (κ2) is 4.19. The van der Waals surface area contributed by atoms with Gasteiger partial charge in [0.05, 0.1) is 0 Å². The van der Waals surface area contributed by atoms with Crippen LogP contribution in [0.5, 0.6) is 0 Å². The fourth-order valence-corrected chi connectivity index (χ4v) is 2.50. The smallest absolute Gasteiger partial charge is 0.0345 e. The minimum absolute atomic E-state index is 0.603. The molecule has 1 heteroatoms. The van der Waals surface area contributed by atoms with Crippen LogP contribution in [0.2, 0.25) is 0 Å². The fourth-order valence-electron chi connectivity index (χ4n) is 1.64. The van der Waals surface area contributed by atoms with Crippen LogP contribution in [0.1, 0.15) is 30.2 Å². The highest BCUT2D eigenvalue weighted by Crippen LogP contribution is 2.29. The van der Waals surface area contributed by atoms with Gasteiger partial charge in [-0.05, 0) is 36.1 Å². The molecule has 0 radical (unpaired) electrons. The minimum atomic E-state index is 0.603. The Labute approximate surface area is 95.6 Å². The molecule has 2 rings (SSSR count). The molecule has 15 heavy (non-hydrogen) atoms. The maximum absolute atomic E-state index is 2.30. The van der Waals surface area contributed by atoms with Gasteiger partial charge in [-0.2, -0.15) is 0 Å². The van der Waals surface area contributed by atoms with Crippen molar-refractivity contribution >= 4 is 11.3 Å². The molecule has 0 unspecified atom stereocenters. The molecule has 0 nitrogen and oxygen atoms in total. The third-order valence-corrected chi connectivity index (χ3v) is 3.63. The van der Waals surface area contributed by atoms with Crippen LogP contribution in [0.4, 0.5) is 0 Å². The van der Waals surface area contributed by atoms with Crippen LogP contribution in [0, 0.1) is 6.92 Å². The summed E-state index contributed by atoms with van der Waals surface area (Å²) in [7, 11) is 0. The van der Waals surface area contributed by atoms with Gasteiger partial charge in [0.1, 0.15) is 0 Å². The van der Waals surface area contributed by atoms with E-state index in [4.69, 9.17) is 0 Å². The van der Waals surface area contributed by atoms with E-state index < -0.39 is 0 Å². The van der Waals surface area contributed by atoms with Crippen molar-refractivity contribution in [1.82, 2.24) is 0 Å². The van der Waals surface area contributed by atoms with Crippen LogP contribution < -0.4 is 0 Å². The molecule has 0 amide bonds. The van der Waals surface area contributed by atoms with Crippen molar-refractivity contribution < 1.29 is 0 Å². The van der Waals surface area contributed by atoms with E-state index in [1.807, 2.05) is 11.3 Å². The first kappa shape index (κ1) is 10.4. The van der Waals surface area contributed by atoms with Crippen LogP contribution in [-0.2, 0) is 0 Å². The summed E-state index contributed by atoms with van der Waals surface area (Å²) in [4.78, 5) is 2.75. The van der Waals surface area contributed by atoms with E-state index in [0.29, 0.717) is 5.92 Å². The number of hydrogen-bond acceptors (Lipinski definition) is 1. The molecule has 0 aliphatic carbocycles. The van der Waals surface area contributed by atoms with E-state index >= 15 is 0 Å². The number of benzene rings is 1. The van der Waals surface area contributed by atoms with Gasteiger partial charge in [-0.15, -0.1) is 11.3 Å². The molecule has 0 bridgehead atoms. The van der Waals surface area contributed by atoms with Crippen LogP contribution in [-0.4, -0.2) is 0 Å². The zero-order valence-electron chi connectivity index (χ0n) is 9.45. The standard InChI is InChI=1S/C14H16S/c1-10(2)12-5-4-6-13(9-12)14-8-7-11(3)15-14/h4-10H,1-3H3. The topological polar surface area (TPSA) is 0 Å². The Kier molecular flexibility index (Phi) is 2.92. The van der Waals surface area contributed by atoms with E-state index in [1.165, 1.54) is 20.9 Å². The molecule has 78 valence electrons. The van der Waals surface area contributed by atoms with Gasteiger partial charge < -0.3 is 0 Å². The first-order valence-corrected chi connectivity index (χ1v) is 6.15. The lowest BCUT2D eigenvalue weighted by Crippen LogP contribution is -1.86. The fraction of sp³-hybridized carbons (Fsp3) is 0.286. The van der Waals surface area contributed by atoms with Gasteiger partial charge in [-0.3, -0.25) is 0 Å². The lowest BCUT2D eigenvalue weighted by atomic mass is 10.0. The van der Waals surface area contributed by atoms with Crippen LogP contribution in [0.3, 0.4) is 0 Å². The van der Waals surface area contributed by atoms with Crippen molar-refractivity contribution in [2.24, 2.45) is 0 Å². The lowest BCUT2D eigenvalue weighted by Gasteiger charge is -2.06. The van der Waals surface area contributed by atoms with E-state index in [9.17, 15) is 0 Å². The molecule has 0 aliphatic rings. The molecular weight excluding hydrogens is 200 g/mol. The summed E-state index contributed by atoms with van der Waals surface area (Å²) in [5, 5.41) is 0. The Balaban J connectivity index is 2.41. The number of thiophene rings is 1. The zero-order valence-corrected chi connectivity index (χ0v) is 10.3. The van der Waals surface area contributed by atoms with Crippen LogP contribution in [0.15, 0.2) is 36.4 Å². The lowest BCUT2D eigenvalue weighted by molar-refractivity contribution is 0.867. The van der Waals surface area contributed by atoms with Crippen molar-refractivity contribution in [2.75, 3.05) is 0 Å². The Morgan fingerprint density at radius 1 is 1.07 bits per heavy atom. The Morgan fingerprint density at radius 3 is 2.47 bits per heavy atom. The zero-order chi connectivity index (χ0) is 10.8. The van der Waals surface area contributed by atoms with Crippen LogP contribution in [0.25, 0.3) is 10.4 Å². The van der Waals surface area contributed by atoms with Gasteiger partial charge in [-0.1, -0.05) is 38.1 Å². The minimum Gasteiger partial charge on any atom is -0.141 e. The van der Waals surface area contributed by atoms with Crippen molar-refractivity contribution in [3.8, 4) is 10.4 Å². The SMILES string of the molecule is Cc1ccc(-c2cccc(C(C)C)c2)s1. The highest BCUT2D eigenvalue weighted by atomic mass is 32.1. The maximum Gasteiger partial charge on any atom is 0.0345 e. The molecule has 0 N–H and O–H groups in total. The molecule has 0 saturated carbocycles. The Hall–Kier alpha value is -1.08. The summed E-state index contributed by atoms with van der Waals surface area (Å²) < 4.78 is 0. The van der Waals surface area contributed by atoms with Crippen molar-refractivity contribution in [3.63, 3.8) is 0 Å². The van der Waals surface area contributed by atoms with Gasteiger partial charge in [0.15, 0.2) is 0 Å². The third-order valence-electron chi connectivity index (χ3n) is 2.58. The van der Waals surface area contributed by atoms with Gasteiger partial charge in [0.25, 0.3) is 0 Å². The summed E-state index contributed by atoms with van der Waals surface area (Å²) in [6.45, 7) is 6.62. The van der Waals surface area contributed by atoms with E-state index in [-0.39, 0.29) is 0 Å². The molecule has 0 fully saturated rings. The van der Waals surface area contributed by atoms with E-state index in [1.54, 1.807) is 0 Å². The molecule has 0 saturated heterocycles. The highest BCUT2D eigenvalue weighted by molar-refractivity contribution is 7.15. The number of rotatable bonds is 2. The molecule has 0 aliphatic heterocycles. The van der Waals surface area contributed by atoms with E-state index in [0.717, 1.165) is 0 Å². The highest BCUT2D eigenvalue weighted by Gasteiger charge is 2.03. The quantitative estimate of drug-likeness (QED) is 0.673. The predicted molar refractivity (Wildman–Crippen MR) is 68.6 cm³/mol. The van der Waals surface area contributed by atoms with E-state index in [2.05, 4.69) is 57.2 Å².